The van der Waals surface area contributed by atoms with E-state index >= 15 is 0 Å². The molecule has 0 spiro atoms. The molecule has 0 fully saturated rings. The minimum absolute atomic E-state index is 0.0765. The van der Waals surface area contributed by atoms with Crippen LogP contribution in [-0.2, 0) is 4.74 Å². The van der Waals surface area contributed by atoms with E-state index in [0.29, 0.717) is 13.2 Å². The van der Waals surface area contributed by atoms with Gasteiger partial charge in [0.1, 0.15) is 0 Å². The van der Waals surface area contributed by atoms with Gasteiger partial charge in [-0.1, -0.05) is 15.9 Å². The van der Waals surface area contributed by atoms with Crippen LogP contribution in [0.3, 0.4) is 0 Å². The molecule has 0 aliphatic rings. The van der Waals surface area contributed by atoms with Crippen LogP contribution in [0, 0.1) is 0 Å². The zero-order valence-corrected chi connectivity index (χ0v) is 10.7. The van der Waals surface area contributed by atoms with Crippen LogP contribution in [0.1, 0.15) is 6.42 Å². The molecule has 0 saturated carbocycles. The van der Waals surface area contributed by atoms with E-state index in [-0.39, 0.29) is 6.61 Å². The van der Waals surface area contributed by atoms with Gasteiger partial charge in [0, 0.05) is 17.6 Å². The van der Waals surface area contributed by atoms with Crippen LogP contribution in [-0.4, -0.2) is 31.5 Å². The van der Waals surface area contributed by atoms with Crippen molar-refractivity contribution in [2.75, 3.05) is 37.4 Å². The molecule has 1 rings (SSSR count). The molecular formula is C11H17BrN2O2. The number of nitrogens with one attached hydrogen (secondary N) is 1. The van der Waals surface area contributed by atoms with Crippen LogP contribution < -0.4 is 11.1 Å². The van der Waals surface area contributed by atoms with Crippen molar-refractivity contribution in [2.45, 2.75) is 6.42 Å². The van der Waals surface area contributed by atoms with Crippen LogP contribution in [0.4, 0.5) is 11.4 Å². The Hall–Kier alpha value is -0.780. The number of rotatable bonds is 7. The van der Waals surface area contributed by atoms with Crippen LogP contribution >= 0.6 is 15.9 Å². The molecule has 1 aromatic rings. The Morgan fingerprint density at radius 3 is 2.88 bits per heavy atom. The zero-order chi connectivity index (χ0) is 11.8. The summed E-state index contributed by atoms with van der Waals surface area (Å²) in [7, 11) is 0. The number of benzene rings is 1. The summed E-state index contributed by atoms with van der Waals surface area (Å²) in [5.41, 5.74) is 7.49. The Morgan fingerprint density at radius 1 is 1.38 bits per heavy atom. The molecule has 90 valence electrons. The van der Waals surface area contributed by atoms with Gasteiger partial charge in [-0.05, 0) is 24.6 Å². The van der Waals surface area contributed by atoms with Crippen molar-refractivity contribution >= 4 is 27.3 Å². The van der Waals surface area contributed by atoms with E-state index in [1.54, 1.807) is 0 Å². The molecule has 4 nitrogen and oxygen atoms in total. The summed E-state index contributed by atoms with van der Waals surface area (Å²) in [4.78, 5) is 0. The monoisotopic (exact) mass is 288 g/mol. The van der Waals surface area contributed by atoms with Gasteiger partial charge in [-0.3, -0.25) is 0 Å². The third kappa shape index (κ3) is 4.83. The minimum atomic E-state index is 0.0765. The molecule has 0 amide bonds. The highest BCUT2D eigenvalue weighted by Gasteiger charge is 1.98. The van der Waals surface area contributed by atoms with Crippen LogP contribution in [0.2, 0.25) is 0 Å². The highest BCUT2D eigenvalue weighted by Crippen LogP contribution is 2.22. The lowest BCUT2D eigenvalue weighted by Crippen LogP contribution is -2.08. The largest absolute Gasteiger partial charge is 0.397 e. The number of aliphatic hydroxyl groups is 1. The normalized spacial score (nSPS) is 10.4. The third-order valence-corrected chi connectivity index (χ3v) is 2.52. The first-order chi connectivity index (χ1) is 7.74. The van der Waals surface area contributed by atoms with Gasteiger partial charge >= 0.3 is 0 Å². The molecular weight excluding hydrogens is 272 g/mol. The summed E-state index contributed by atoms with van der Waals surface area (Å²) >= 11 is 3.36. The van der Waals surface area contributed by atoms with E-state index in [2.05, 4.69) is 21.2 Å². The predicted molar refractivity (Wildman–Crippen MR) is 69.6 cm³/mol. The Balaban J connectivity index is 2.21. The van der Waals surface area contributed by atoms with Crippen LogP contribution in [0.15, 0.2) is 22.7 Å². The molecule has 0 atom stereocenters. The number of hydrogen-bond acceptors (Lipinski definition) is 4. The van der Waals surface area contributed by atoms with Gasteiger partial charge in [0.25, 0.3) is 0 Å². The van der Waals surface area contributed by atoms with Gasteiger partial charge in [0.2, 0.25) is 0 Å². The van der Waals surface area contributed by atoms with Gasteiger partial charge in [0.15, 0.2) is 0 Å². The summed E-state index contributed by atoms with van der Waals surface area (Å²) in [6.07, 6.45) is 0.884. The molecule has 0 aliphatic heterocycles. The lowest BCUT2D eigenvalue weighted by molar-refractivity contribution is 0.0922. The molecule has 0 radical (unpaired) electrons. The number of halogens is 1. The second kappa shape index (κ2) is 7.49. The molecule has 0 unspecified atom stereocenters. The third-order valence-electron chi connectivity index (χ3n) is 2.03. The predicted octanol–water partition coefficient (Wildman–Crippen LogP) is 1.84. The molecule has 0 saturated heterocycles. The van der Waals surface area contributed by atoms with Crippen molar-refractivity contribution in [3.63, 3.8) is 0 Å². The van der Waals surface area contributed by atoms with Gasteiger partial charge in [-0.2, -0.15) is 0 Å². The second-order valence-electron chi connectivity index (χ2n) is 3.35. The number of anilines is 2. The maximum Gasteiger partial charge on any atom is 0.0697 e. The summed E-state index contributed by atoms with van der Waals surface area (Å²) < 4.78 is 6.12. The van der Waals surface area contributed by atoms with Crippen molar-refractivity contribution in [3.8, 4) is 0 Å². The first-order valence-electron chi connectivity index (χ1n) is 5.21. The van der Waals surface area contributed by atoms with E-state index in [0.717, 1.165) is 28.8 Å². The number of nitrogens with two attached hydrogens (primary N) is 1. The first kappa shape index (κ1) is 13.3. The van der Waals surface area contributed by atoms with E-state index in [4.69, 9.17) is 15.6 Å². The van der Waals surface area contributed by atoms with Gasteiger partial charge in [0.05, 0.1) is 24.6 Å². The Labute approximate surface area is 104 Å². The quantitative estimate of drug-likeness (QED) is 0.529. The summed E-state index contributed by atoms with van der Waals surface area (Å²) in [5, 5.41) is 11.7. The number of ether oxygens (including phenoxy) is 1. The molecule has 16 heavy (non-hydrogen) atoms. The first-order valence-corrected chi connectivity index (χ1v) is 6.01. The van der Waals surface area contributed by atoms with E-state index in [1.807, 2.05) is 18.2 Å². The zero-order valence-electron chi connectivity index (χ0n) is 9.08. The van der Waals surface area contributed by atoms with Crippen LogP contribution in [0.5, 0.6) is 0 Å². The maximum atomic E-state index is 8.50. The smallest absolute Gasteiger partial charge is 0.0697 e. The van der Waals surface area contributed by atoms with E-state index in [9.17, 15) is 0 Å². The molecule has 0 aromatic heterocycles. The van der Waals surface area contributed by atoms with Crippen LogP contribution in [0.25, 0.3) is 0 Å². The van der Waals surface area contributed by atoms with Gasteiger partial charge in [-0.25, -0.2) is 0 Å². The number of aliphatic hydroxyl groups excluding tert-OH is 1. The highest BCUT2D eigenvalue weighted by molar-refractivity contribution is 9.10. The minimum Gasteiger partial charge on any atom is -0.397 e. The summed E-state index contributed by atoms with van der Waals surface area (Å²) in [6.45, 7) is 1.93. The van der Waals surface area contributed by atoms with E-state index < -0.39 is 0 Å². The van der Waals surface area contributed by atoms with Crippen molar-refractivity contribution in [1.29, 1.82) is 0 Å². The average Bonchev–Trinajstić information content (AvgIpc) is 2.26. The van der Waals surface area contributed by atoms with Gasteiger partial charge < -0.3 is 20.9 Å². The van der Waals surface area contributed by atoms with Crippen molar-refractivity contribution in [2.24, 2.45) is 0 Å². The molecule has 5 heteroatoms. The highest BCUT2D eigenvalue weighted by atomic mass is 79.9. The number of hydrogen-bond donors (Lipinski definition) is 3. The Morgan fingerprint density at radius 2 is 2.19 bits per heavy atom. The Bertz CT molecular complexity index is 321. The van der Waals surface area contributed by atoms with Gasteiger partial charge in [-0.15, -0.1) is 0 Å². The van der Waals surface area contributed by atoms with Crippen molar-refractivity contribution in [3.05, 3.63) is 22.7 Å². The maximum absolute atomic E-state index is 8.50. The average molecular weight is 289 g/mol. The summed E-state index contributed by atoms with van der Waals surface area (Å²) in [6, 6.07) is 5.75. The molecule has 1 aromatic carbocycles. The fourth-order valence-corrected chi connectivity index (χ4v) is 1.64. The lowest BCUT2D eigenvalue weighted by atomic mass is 10.2. The fraction of sp³-hybridized carbons (Fsp3) is 0.455. The Kier molecular flexibility index (Phi) is 6.22. The standard InChI is InChI=1S/C11H17BrN2O2/c12-9-2-3-11(10(13)8-9)14-4-1-6-16-7-5-15/h2-3,8,14-15H,1,4-7,13H2. The molecule has 0 bridgehead atoms. The SMILES string of the molecule is Nc1cc(Br)ccc1NCCCOCCO. The van der Waals surface area contributed by atoms with Crippen molar-refractivity contribution in [1.82, 2.24) is 0 Å². The lowest BCUT2D eigenvalue weighted by Gasteiger charge is -2.09. The summed E-state index contributed by atoms with van der Waals surface area (Å²) in [5.74, 6) is 0. The molecule has 0 aliphatic carbocycles. The molecule has 4 N–H and O–H groups in total. The second-order valence-corrected chi connectivity index (χ2v) is 4.26. The van der Waals surface area contributed by atoms with Crippen molar-refractivity contribution < 1.29 is 9.84 Å². The topological polar surface area (TPSA) is 67.5 Å². The van der Waals surface area contributed by atoms with E-state index in [1.165, 1.54) is 0 Å². The number of nitrogen functional groups attached to an aromatic ring is 1. The fourth-order valence-electron chi connectivity index (χ4n) is 1.26. The molecule has 0 heterocycles.